The number of pyridine rings is 2. The van der Waals surface area contributed by atoms with Crippen molar-refractivity contribution in [2.24, 2.45) is 0 Å². The summed E-state index contributed by atoms with van der Waals surface area (Å²) in [7, 11) is 0. The number of hydrogen-bond acceptors (Lipinski definition) is 3. The van der Waals surface area contributed by atoms with Gasteiger partial charge in [-0.3, -0.25) is 4.98 Å². The van der Waals surface area contributed by atoms with E-state index in [1.807, 2.05) is 38.1 Å². The van der Waals surface area contributed by atoms with Gasteiger partial charge >= 0.3 is 5.97 Å². The van der Waals surface area contributed by atoms with Crippen molar-refractivity contribution in [3.05, 3.63) is 59.4 Å². The number of carboxylic acids is 1. The van der Waals surface area contributed by atoms with Crippen LogP contribution in [0.3, 0.4) is 0 Å². The SMILES string of the molecule is Cc1ccc(C)c2c(C(=O)O)cc(-c3ccncc3)nc12. The monoisotopic (exact) mass is 278 g/mol. The van der Waals surface area contributed by atoms with E-state index >= 15 is 0 Å². The normalized spacial score (nSPS) is 10.8. The first kappa shape index (κ1) is 13.2. The first-order valence-electron chi connectivity index (χ1n) is 6.62. The predicted molar refractivity (Wildman–Crippen MR) is 81.4 cm³/mol. The molecule has 0 saturated carbocycles. The minimum Gasteiger partial charge on any atom is -0.478 e. The van der Waals surface area contributed by atoms with E-state index in [0.717, 1.165) is 22.2 Å². The van der Waals surface area contributed by atoms with Crippen LogP contribution in [0.1, 0.15) is 21.5 Å². The first-order valence-corrected chi connectivity index (χ1v) is 6.62. The van der Waals surface area contributed by atoms with Crippen LogP contribution < -0.4 is 0 Å². The third-order valence-corrected chi connectivity index (χ3v) is 3.58. The third-order valence-electron chi connectivity index (χ3n) is 3.58. The van der Waals surface area contributed by atoms with Gasteiger partial charge < -0.3 is 5.11 Å². The smallest absolute Gasteiger partial charge is 0.336 e. The molecule has 0 amide bonds. The lowest BCUT2D eigenvalue weighted by Gasteiger charge is -2.11. The number of aromatic carboxylic acids is 1. The number of fused-ring (bicyclic) bond motifs is 1. The molecule has 0 atom stereocenters. The van der Waals surface area contributed by atoms with Gasteiger partial charge in [0.15, 0.2) is 0 Å². The Morgan fingerprint density at radius 3 is 2.38 bits per heavy atom. The Morgan fingerprint density at radius 2 is 1.71 bits per heavy atom. The molecule has 1 aromatic carbocycles. The quantitative estimate of drug-likeness (QED) is 0.777. The van der Waals surface area contributed by atoms with Crippen LogP contribution in [0.25, 0.3) is 22.2 Å². The van der Waals surface area contributed by atoms with Crippen LogP contribution in [0.2, 0.25) is 0 Å². The molecule has 0 saturated heterocycles. The lowest BCUT2D eigenvalue weighted by molar-refractivity contribution is 0.0699. The standard InChI is InChI=1S/C17H14N2O2/c1-10-3-4-11(2)16-15(10)13(17(20)21)9-14(19-16)12-5-7-18-8-6-12/h3-9H,1-2H3,(H,20,21). The van der Waals surface area contributed by atoms with E-state index in [4.69, 9.17) is 0 Å². The number of aryl methyl sites for hydroxylation is 2. The summed E-state index contributed by atoms with van der Waals surface area (Å²) in [5, 5.41) is 10.2. The van der Waals surface area contributed by atoms with Crippen LogP contribution in [0.15, 0.2) is 42.7 Å². The van der Waals surface area contributed by atoms with Gasteiger partial charge in [0.2, 0.25) is 0 Å². The Labute approximate surface area is 122 Å². The topological polar surface area (TPSA) is 63.1 Å². The van der Waals surface area contributed by atoms with E-state index in [9.17, 15) is 9.90 Å². The van der Waals surface area contributed by atoms with Crippen LogP contribution >= 0.6 is 0 Å². The van der Waals surface area contributed by atoms with Gasteiger partial charge in [0.05, 0.1) is 16.8 Å². The molecule has 0 spiro atoms. The molecule has 3 aromatic rings. The Kier molecular flexibility index (Phi) is 3.14. The maximum absolute atomic E-state index is 11.6. The van der Waals surface area contributed by atoms with Gasteiger partial charge in [-0.2, -0.15) is 0 Å². The molecule has 4 nitrogen and oxygen atoms in total. The van der Waals surface area contributed by atoms with Crippen molar-refractivity contribution >= 4 is 16.9 Å². The highest BCUT2D eigenvalue weighted by Gasteiger charge is 2.15. The van der Waals surface area contributed by atoms with Crippen LogP contribution in [0.4, 0.5) is 0 Å². The number of carboxylic acid groups (broad SMARTS) is 1. The number of carbonyl (C=O) groups is 1. The van der Waals surface area contributed by atoms with Gasteiger partial charge in [-0.05, 0) is 43.2 Å². The molecule has 2 aromatic heterocycles. The second kappa shape index (κ2) is 4.98. The van der Waals surface area contributed by atoms with E-state index in [1.54, 1.807) is 18.5 Å². The molecule has 1 N–H and O–H groups in total. The van der Waals surface area contributed by atoms with Crippen LogP contribution in [-0.2, 0) is 0 Å². The highest BCUT2D eigenvalue weighted by Crippen LogP contribution is 2.28. The first-order chi connectivity index (χ1) is 10.1. The van der Waals surface area contributed by atoms with Gasteiger partial charge in [-0.1, -0.05) is 12.1 Å². The fourth-order valence-electron chi connectivity index (χ4n) is 2.48. The lowest BCUT2D eigenvalue weighted by Crippen LogP contribution is -2.02. The highest BCUT2D eigenvalue weighted by molar-refractivity contribution is 6.05. The van der Waals surface area contributed by atoms with Crippen molar-refractivity contribution in [1.29, 1.82) is 0 Å². The third kappa shape index (κ3) is 2.25. The van der Waals surface area contributed by atoms with E-state index in [2.05, 4.69) is 9.97 Å². The summed E-state index contributed by atoms with van der Waals surface area (Å²) in [6.45, 7) is 3.85. The van der Waals surface area contributed by atoms with Gasteiger partial charge in [0.25, 0.3) is 0 Å². The fourth-order valence-corrected chi connectivity index (χ4v) is 2.48. The van der Waals surface area contributed by atoms with Gasteiger partial charge in [-0.15, -0.1) is 0 Å². The highest BCUT2D eigenvalue weighted by atomic mass is 16.4. The summed E-state index contributed by atoms with van der Waals surface area (Å²) in [4.78, 5) is 20.3. The maximum Gasteiger partial charge on any atom is 0.336 e. The van der Waals surface area contributed by atoms with Crippen molar-refractivity contribution < 1.29 is 9.90 Å². The molecule has 3 rings (SSSR count). The number of aromatic nitrogens is 2. The Bertz CT molecular complexity index is 842. The molecule has 2 heterocycles. The zero-order valence-corrected chi connectivity index (χ0v) is 11.8. The fraction of sp³-hybridized carbons (Fsp3) is 0.118. The number of nitrogens with zero attached hydrogens (tertiary/aromatic N) is 2. The van der Waals surface area contributed by atoms with E-state index in [0.29, 0.717) is 11.1 Å². The molecule has 0 fully saturated rings. The minimum atomic E-state index is -0.939. The number of benzene rings is 1. The van der Waals surface area contributed by atoms with Crippen molar-refractivity contribution in [3.8, 4) is 11.3 Å². The minimum absolute atomic E-state index is 0.285. The van der Waals surface area contributed by atoms with Crippen LogP contribution in [-0.4, -0.2) is 21.0 Å². The largest absolute Gasteiger partial charge is 0.478 e. The summed E-state index contributed by atoms with van der Waals surface area (Å²) in [6.07, 6.45) is 3.34. The van der Waals surface area contributed by atoms with Gasteiger partial charge in [0, 0.05) is 23.3 Å². The molecular formula is C17H14N2O2. The second-order valence-electron chi connectivity index (χ2n) is 5.02. The lowest BCUT2D eigenvalue weighted by atomic mass is 9.98. The predicted octanol–water partition coefficient (Wildman–Crippen LogP) is 3.61. The molecule has 0 unspecified atom stereocenters. The van der Waals surface area contributed by atoms with Crippen LogP contribution in [0, 0.1) is 13.8 Å². The molecule has 0 aliphatic carbocycles. The Morgan fingerprint density at radius 1 is 1.05 bits per heavy atom. The van der Waals surface area contributed by atoms with E-state index in [1.165, 1.54) is 0 Å². The molecule has 4 heteroatoms. The molecule has 104 valence electrons. The zero-order chi connectivity index (χ0) is 15.0. The van der Waals surface area contributed by atoms with Crippen molar-refractivity contribution in [1.82, 2.24) is 9.97 Å². The molecule has 0 aliphatic rings. The van der Waals surface area contributed by atoms with E-state index in [-0.39, 0.29) is 5.56 Å². The zero-order valence-electron chi connectivity index (χ0n) is 11.8. The summed E-state index contributed by atoms with van der Waals surface area (Å²) < 4.78 is 0. The average molecular weight is 278 g/mol. The number of hydrogen-bond donors (Lipinski definition) is 1. The average Bonchev–Trinajstić information content (AvgIpc) is 2.51. The van der Waals surface area contributed by atoms with Crippen molar-refractivity contribution in [2.75, 3.05) is 0 Å². The molecule has 0 bridgehead atoms. The summed E-state index contributed by atoms with van der Waals surface area (Å²) in [6, 6.07) is 9.17. The molecule has 0 aliphatic heterocycles. The van der Waals surface area contributed by atoms with Crippen LogP contribution in [0.5, 0.6) is 0 Å². The maximum atomic E-state index is 11.6. The molecule has 21 heavy (non-hydrogen) atoms. The Hall–Kier alpha value is -2.75. The summed E-state index contributed by atoms with van der Waals surface area (Å²) in [5.74, 6) is -0.939. The van der Waals surface area contributed by atoms with Crippen molar-refractivity contribution in [2.45, 2.75) is 13.8 Å². The number of rotatable bonds is 2. The molecule has 0 radical (unpaired) electrons. The van der Waals surface area contributed by atoms with Gasteiger partial charge in [-0.25, -0.2) is 9.78 Å². The summed E-state index contributed by atoms with van der Waals surface area (Å²) >= 11 is 0. The van der Waals surface area contributed by atoms with Crippen molar-refractivity contribution in [3.63, 3.8) is 0 Å². The molecular weight excluding hydrogens is 264 g/mol. The van der Waals surface area contributed by atoms with E-state index < -0.39 is 5.97 Å². The second-order valence-corrected chi connectivity index (χ2v) is 5.02. The Balaban J connectivity index is 2.41. The summed E-state index contributed by atoms with van der Waals surface area (Å²) in [5.41, 5.74) is 4.41. The van der Waals surface area contributed by atoms with Gasteiger partial charge in [0.1, 0.15) is 0 Å².